The minimum Gasteiger partial charge on any atom is -0.348 e. The van der Waals surface area contributed by atoms with Crippen molar-refractivity contribution < 1.29 is 4.79 Å². The SMILES string of the molecule is [C-]#[N+]c1ccc([C@H](CCN2C3CCC2CC(n2c(C)nnc2C(C)C)C3)NC(=O)C2CCCCC2)s1. The van der Waals surface area contributed by atoms with E-state index < -0.39 is 0 Å². The molecule has 0 aromatic carbocycles. The Kier molecular flexibility index (Phi) is 7.78. The zero-order chi connectivity index (χ0) is 25.2. The van der Waals surface area contributed by atoms with Gasteiger partial charge in [0.2, 0.25) is 10.9 Å². The Labute approximate surface area is 219 Å². The van der Waals surface area contributed by atoms with E-state index in [4.69, 9.17) is 6.57 Å². The summed E-state index contributed by atoms with van der Waals surface area (Å²) in [7, 11) is 0. The third kappa shape index (κ3) is 5.24. The van der Waals surface area contributed by atoms with Crippen LogP contribution in [0.15, 0.2) is 12.1 Å². The van der Waals surface area contributed by atoms with E-state index in [2.05, 4.69) is 50.6 Å². The Bertz CT molecular complexity index is 1080. The standard InChI is InChI=1S/C28H40N6OS/c1-18(2)27-32-31-19(3)34(27)23-16-21-10-11-22(17-23)33(21)15-14-24(25-12-13-26(29-4)36-25)30-28(35)20-8-6-5-7-9-20/h12-13,18,20-24H,5-11,14-17H2,1-3H3,(H,30,35)/t21?,22?,23?,24-/m0/s1. The molecular formula is C28H40N6OS. The first kappa shape index (κ1) is 25.4. The van der Waals surface area contributed by atoms with E-state index in [1.807, 2.05) is 12.1 Å². The molecule has 4 heterocycles. The quantitative estimate of drug-likeness (QED) is 0.424. The number of carbonyl (C=O) groups is 1. The highest BCUT2D eigenvalue weighted by molar-refractivity contribution is 7.16. The van der Waals surface area contributed by atoms with Crippen LogP contribution in [0.4, 0.5) is 5.00 Å². The highest BCUT2D eigenvalue weighted by Gasteiger charge is 2.42. The first-order valence-electron chi connectivity index (χ1n) is 13.9. The van der Waals surface area contributed by atoms with Crippen molar-refractivity contribution in [3.05, 3.63) is 40.1 Å². The molecule has 3 fully saturated rings. The molecule has 36 heavy (non-hydrogen) atoms. The molecule has 2 aliphatic heterocycles. The van der Waals surface area contributed by atoms with Crippen molar-refractivity contribution >= 4 is 22.2 Å². The lowest BCUT2D eigenvalue weighted by Crippen LogP contribution is -2.45. The Morgan fingerprint density at radius 2 is 1.83 bits per heavy atom. The molecule has 1 saturated carbocycles. The number of nitrogens with zero attached hydrogens (tertiary/aromatic N) is 5. The van der Waals surface area contributed by atoms with Crippen molar-refractivity contribution in [3.63, 3.8) is 0 Å². The normalized spacial score (nSPS) is 25.7. The van der Waals surface area contributed by atoms with Gasteiger partial charge in [0.05, 0.1) is 12.6 Å². The second-order valence-corrected chi connectivity index (χ2v) is 12.4. The van der Waals surface area contributed by atoms with Gasteiger partial charge in [-0.15, -0.1) is 10.2 Å². The molecule has 0 radical (unpaired) electrons. The van der Waals surface area contributed by atoms with Crippen LogP contribution in [0.1, 0.15) is 113 Å². The van der Waals surface area contributed by atoms with Crippen molar-refractivity contribution in [2.24, 2.45) is 5.92 Å². The van der Waals surface area contributed by atoms with E-state index in [9.17, 15) is 4.79 Å². The molecule has 3 atom stereocenters. The lowest BCUT2D eigenvalue weighted by atomic mass is 9.88. The Hall–Kier alpha value is -2.24. The van der Waals surface area contributed by atoms with Gasteiger partial charge in [-0.1, -0.05) is 39.2 Å². The average Bonchev–Trinajstić information content (AvgIpc) is 3.58. The fourth-order valence-corrected chi connectivity index (χ4v) is 7.74. The van der Waals surface area contributed by atoms with Gasteiger partial charge in [-0.3, -0.25) is 9.69 Å². The summed E-state index contributed by atoms with van der Waals surface area (Å²) in [5.74, 6) is 2.89. The highest BCUT2D eigenvalue weighted by Crippen LogP contribution is 2.43. The van der Waals surface area contributed by atoms with Crippen LogP contribution >= 0.6 is 11.3 Å². The minimum absolute atomic E-state index is 0.00955. The number of fused-ring (bicyclic) bond motifs is 2. The van der Waals surface area contributed by atoms with Crippen molar-refractivity contribution in [1.82, 2.24) is 25.0 Å². The number of rotatable bonds is 8. The van der Waals surface area contributed by atoms with Gasteiger partial charge in [-0.25, -0.2) is 4.85 Å². The smallest absolute Gasteiger partial charge is 0.241 e. The molecule has 1 amide bonds. The number of thiophene rings is 1. The second kappa shape index (κ2) is 11.0. The van der Waals surface area contributed by atoms with E-state index in [-0.39, 0.29) is 17.9 Å². The molecular weight excluding hydrogens is 468 g/mol. The molecule has 2 saturated heterocycles. The fraction of sp³-hybridized carbons (Fsp3) is 0.714. The van der Waals surface area contributed by atoms with E-state index in [1.165, 1.54) is 30.6 Å². The maximum atomic E-state index is 13.1. The van der Waals surface area contributed by atoms with Crippen molar-refractivity contribution in [2.45, 2.75) is 115 Å². The largest absolute Gasteiger partial charge is 0.348 e. The van der Waals surface area contributed by atoms with Crippen LogP contribution in [0.25, 0.3) is 4.85 Å². The lowest BCUT2D eigenvalue weighted by molar-refractivity contribution is -0.126. The van der Waals surface area contributed by atoms with Crippen LogP contribution in [-0.2, 0) is 4.79 Å². The summed E-state index contributed by atoms with van der Waals surface area (Å²) in [6.45, 7) is 14.9. The molecule has 3 aliphatic rings. The minimum atomic E-state index is -0.00955. The summed E-state index contributed by atoms with van der Waals surface area (Å²) in [6.07, 6.45) is 11.3. The Balaban J connectivity index is 1.26. The first-order chi connectivity index (χ1) is 17.4. The topological polar surface area (TPSA) is 67.4 Å². The molecule has 5 rings (SSSR count). The Morgan fingerprint density at radius 1 is 1.11 bits per heavy atom. The predicted molar refractivity (Wildman–Crippen MR) is 143 cm³/mol. The van der Waals surface area contributed by atoms with E-state index >= 15 is 0 Å². The number of aryl methyl sites for hydroxylation is 1. The zero-order valence-electron chi connectivity index (χ0n) is 21.9. The van der Waals surface area contributed by atoms with Gasteiger partial charge < -0.3 is 9.88 Å². The number of hydrogen-bond acceptors (Lipinski definition) is 5. The number of piperidine rings is 1. The van der Waals surface area contributed by atoms with Crippen LogP contribution in [0.3, 0.4) is 0 Å². The van der Waals surface area contributed by atoms with Crippen molar-refractivity contribution in [1.29, 1.82) is 0 Å². The molecule has 2 aromatic heterocycles. The molecule has 194 valence electrons. The fourth-order valence-electron chi connectivity index (χ4n) is 6.86. The monoisotopic (exact) mass is 508 g/mol. The highest BCUT2D eigenvalue weighted by atomic mass is 32.1. The van der Waals surface area contributed by atoms with E-state index in [0.717, 1.165) is 68.0 Å². The van der Waals surface area contributed by atoms with Gasteiger partial charge in [0, 0.05) is 41.4 Å². The molecule has 1 N–H and O–H groups in total. The molecule has 2 bridgehead atoms. The van der Waals surface area contributed by atoms with Crippen LogP contribution in [0.2, 0.25) is 0 Å². The van der Waals surface area contributed by atoms with E-state index in [1.54, 1.807) is 0 Å². The number of aromatic nitrogens is 3. The van der Waals surface area contributed by atoms with Crippen LogP contribution in [0, 0.1) is 19.4 Å². The molecule has 2 aromatic rings. The van der Waals surface area contributed by atoms with Gasteiger partial charge in [0.25, 0.3) is 0 Å². The third-order valence-corrected chi connectivity index (χ3v) is 9.76. The third-order valence-electron chi connectivity index (χ3n) is 8.67. The van der Waals surface area contributed by atoms with Gasteiger partial charge in [-0.05, 0) is 57.9 Å². The summed E-state index contributed by atoms with van der Waals surface area (Å²) < 4.78 is 2.41. The van der Waals surface area contributed by atoms with Gasteiger partial charge in [-0.2, -0.15) is 11.3 Å². The number of nitrogens with one attached hydrogen (secondary N) is 1. The van der Waals surface area contributed by atoms with Gasteiger partial charge >= 0.3 is 0 Å². The maximum Gasteiger partial charge on any atom is 0.241 e. The Morgan fingerprint density at radius 3 is 2.47 bits per heavy atom. The zero-order valence-corrected chi connectivity index (χ0v) is 22.8. The molecule has 1 aliphatic carbocycles. The van der Waals surface area contributed by atoms with E-state index in [0.29, 0.717) is 29.0 Å². The maximum absolute atomic E-state index is 13.1. The van der Waals surface area contributed by atoms with Crippen molar-refractivity contribution in [3.8, 4) is 0 Å². The number of amides is 1. The average molecular weight is 509 g/mol. The second-order valence-electron chi connectivity index (χ2n) is 11.4. The van der Waals surface area contributed by atoms with Crippen LogP contribution in [0.5, 0.6) is 0 Å². The predicted octanol–water partition coefficient (Wildman–Crippen LogP) is 6.32. The van der Waals surface area contributed by atoms with Crippen LogP contribution in [-0.4, -0.2) is 44.2 Å². The summed E-state index contributed by atoms with van der Waals surface area (Å²) in [5, 5.41) is 13.0. The summed E-state index contributed by atoms with van der Waals surface area (Å²) in [6, 6.07) is 5.57. The number of carbonyl (C=O) groups excluding carboxylic acids is 1. The lowest BCUT2D eigenvalue weighted by Gasteiger charge is -2.40. The summed E-state index contributed by atoms with van der Waals surface area (Å²) >= 11 is 1.53. The summed E-state index contributed by atoms with van der Waals surface area (Å²) in [5.41, 5.74) is 0. The summed E-state index contributed by atoms with van der Waals surface area (Å²) in [4.78, 5) is 20.6. The molecule has 2 unspecified atom stereocenters. The first-order valence-corrected chi connectivity index (χ1v) is 14.7. The van der Waals surface area contributed by atoms with Gasteiger partial charge in [0.15, 0.2) is 0 Å². The molecule has 7 nitrogen and oxygen atoms in total. The van der Waals surface area contributed by atoms with Crippen molar-refractivity contribution in [2.75, 3.05) is 6.54 Å². The van der Waals surface area contributed by atoms with Gasteiger partial charge in [0.1, 0.15) is 11.6 Å². The molecule has 0 spiro atoms. The van der Waals surface area contributed by atoms with Crippen LogP contribution < -0.4 is 5.32 Å². The molecule has 8 heteroatoms. The number of hydrogen-bond donors (Lipinski definition) is 1.